The maximum atomic E-state index is 12.2. The molecule has 0 radical (unpaired) electrons. The fourth-order valence-electron chi connectivity index (χ4n) is 2.84. The Hall–Kier alpha value is -1.77. The number of aryl methyl sites for hydroxylation is 1. The van der Waals surface area contributed by atoms with Crippen molar-refractivity contribution in [1.29, 1.82) is 0 Å². The van der Waals surface area contributed by atoms with Crippen LogP contribution in [0.25, 0.3) is 10.9 Å². The van der Waals surface area contributed by atoms with Gasteiger partial charge in [-0.25, -0.2) is 0 Å². The van der Waals surface area contributed by atoms with Gasteiger partial charge in [-0.15, -0.1) is 0 Å². The lowest BCUT2D eigenvalue weighted by molar-refractivity contribution is 0.0933. The van der Waals surface area contributed by atoms with Crippen LogP contribution in [0.5, 0.6) is 0 Å². The number of carbonyl (C=O) groups is 1. The van der Waals surface area contributed by atoms with Gasteiger partial charge in [-0.2, -0.15) is 0 Å². The van der Waals surface area contributed by atoms with Gasteiger partial charge in [-0.3, -0.25) is 4.79 Å². The number of aromatic nitrogens is 1. The van der Waals surface area contributed by atoms with Crippen molar-refractivity contribution in [3.8, 4) is 0 Å². The summed E-state index contributed by atoms with van der Waals surface area (Å²) in [7, 11) is 0. The van der Waals surface area contributed by atoms with Crippen LogP contribution in [-0.4, -0.2) is 16.9 Å². The number of para-hydroxylation sites is 1. The Balaban J connectivity index is 1.88. The van der Waals surface area contributed by atoms with Crippen LogP contribution in [0.4, 0.5) is 0 Å². The molecule has 1 aromatic heterocycles. The maximum Gasteiger partial charge on any atom is 0.268 e. The first-order valence-corrected chi connectivity index (χ1v) is 6.64. The first-order valence-electron chi connectivity index (χ1n) is 6.64. The lowest BCUT2D eigenvalue weighted by Gasteiger charge is -2.11. The highest BCUT2D eigenvalue weighted by Gasteiger charge is 2.20. The van der Waals surface area contributed by atoms with Crippen LogP contribution >= 0.6 is 0 Å². The lowest BCUT2D eigenvalue weighted by atomic mass is 10.1. The van der Waals surface area contributed by atoms with E-state index in [1.165, 1.54) is 12.8 Å². The van der Waals surface area contributed by atoms with Gasteiger partial charge in [0, 0.05) is 16.9 Å². The number of hydrogen-bond acceptors (Lipinski definition) is 1. The molecule has 0 bridgehead atoms. The summed E-state index contributed by atoms with van der Waals surface area (Å²) in [5.41, 5.74) is 2.79. The molecule has 1 aliphatic carbocycles. The average Bonchev–Trinajstić information content (AvgIpc) is 2.98. The number of H-pyrrole nitrogens is 1. The molecule has 2 N–H and O–H groups in total. The minimum Gasteiger partial charge on any atom is -0.350 e. The van der Waals surface area contributed by atoms with Crippen molar-refractivity contribution >= 4 is 16.8 Å². The average molecular weight is 242 g/mol. The molecule has 1 aromatic carbocycles. The zero-order valence-electron chi connectivity index (χ0n) is 10.6. The van der Waals surface area contributed by atoms with Crippen molar-refractivity contribution in [1.82, 2.24) is 10.3 Å². The second-order valence-electron chi connectivity index (χ2n) is 5.13. The molecule has 0 spiro atoms. The minimum absolute atomic E-state index is 0.0376. The van der Waals surface area contributed by atoms with Crippen LogP contribution in [-0.2, 0) is 0 Å². The lowest BCUT2D eigenvalue weighted by Crippen LogP contribution is -2.33. The summed E-state index contributed by atoms with van der Waals surface area (Å²) in [6.07, 6.45) is 4.70. The summed E-state index contributed by atoms with van der Waals surface area (Å²) < 4.78 is 0. The smallest absolute Gasteiger partial charge is 0.268 e. The third kappa shape index (κ3) is 1.90. The molecule has 1 amide bonds. The highest BCUT2D eigenvalue weighted by molar-refractivity contribution is 6.00. The first kappa shape index (κ1) is 11.3. The normalized spacial score (nSPS) is 16.3. The Bertz CT molecular complexity index is 579. The maximum absolute atomic E-state index is 12.2. The van der Waals surface area contributed by atoms with Crippen molar-refractivity contribution in [2.75, 3.05) is 0 Å². The van der Waals surface area contributed by atoms with E-state index >= 15 is 0 Å². The van der Waals surface area contributed by atoms with Gasteiger partial charge in [-0.05, 0) is 31.4 Å². The van der Waals surface area contributed by atoms with Crippen LogP contribution in [0.2, 0.25) is 0 Å². The van der Waals surface area contributed by atoms with E-state index in [0.29, 0.717) is 11.7 Å². The van der Waals surface area contributed by atoms with Gasteiger partial charge in [0.05, 0.1) is 0 Å². The number of aromatic amines is 1. The van der Waals surface area contributed by atoms with Gasteiger partial charge in [0.25, 0.3) is 5.91 Å². The van der Waals surface area contributed by atoms with Crippen molar-refractivity contribution in [3.05, 3.63) is 35.5 Å². The van der Waals surface area contributed by atoms with E-state index in [-0.39, 0.29) is 5.91 Å². The molecule has 1 aliphatic rings. The number of carbonyl (C=O) groups excluding carboxylic acids is 1. The SMILES string of the molecule is Cc1c(C(=O)NC2CCCC2)[nH]c2ccccc12. The number of hydrogen-bond donors (Lipinski definition) is 2. The molecule has 3 nitrogen and oxygen atoms in total. The summed E-state index contributed by atoms with van der Waals surface area (Å²) in [6.45, 7) is 2.00. The van der Waals surface area contributed by atoms with E-state index in [0.717, 1.165) is 29.3 Å². The second kappa shape index (κ2) is 4.48. The summed E-state index contributed by atoms with van der Waals surface area (Å²) >= 11 is 0. The zero-order chi connectivity index (χ0) is 12.5. The molecule has 3 heteroatoms. The second-order valence-corrected chi connectivity index (χ2v) is 5.13. The van der Waals surface area contributed by atoms with Gasteiger partial charge in [-0.1, -0.05) is 31.0 Å². The van der Waals surface area contributed by atoms with E-state index in [9.17, 15) is 4.79 Å². The molecule has 0 atom stereocenters. The van der Waals surface area contributed by atoms with Crippen LogP contribution in [0.3, 0.4) is 0 Å². The van der Waals surface area contributed by atoms with E-state index < -0.39 is 0 Å². The standard InChI is InChI=1S/C15H18N2O/c1-10-12-8-4-5-9-13(12)17-14(10)15(18)16-11-6-2-3-7-11/h4-5,8-9,11,17H,2-3,6-7H2,1H3,(H,16,18). The van der Waals surface area contributed by atoms with E-state index in [1.54, 1.807) is 0 Å². The minimum atomic E-state index is 0.0376. The molecule has 94 valence electrons. The van der Waals surface area contributed by atoms with Crippen LogP contribution in [0.15, 0.2) is 24.3 Å². The van der Waals surface area contributed by atoms with E-state index in [2.05, 4.69) is 10.3 Å². The molecular formula is C15H18N2O. The van der Waals surface area contributed by atoms with E-state index in [1.807, 2.05) is 31.2 Å². The Morgan fingerprint density at radius 2 is 2.00 bits per heavy atom. The molecule has 0 unspecified atom stereocenters. The third-order valence-corrected chi connectivity index (χ3v) is 3.88. The summed E-state index contributed by atoms with van der Waals surface area (Å²) in [5.74, 6) is 0.0376. The molecule has 0 aliphatic heterocycles. The Morgan fingerprint density at radius 3 is 2.72 bits per heavy atom. The molecule has 18 heavy (non-hydrogen) atoms. The monoisotopic (exact) mass is 242 g/mol. The van der Waals surface area contributed by atoms with Crippen LogP contribution in [0, 0.1) is 6.92 Å². The highest BCUT2D eigenvalue weighted by Crippen LogP contribution is 2.22. The van der Waals surface area contributed by atoms with Crippen LogP contribution < -0.4 is 5.32 Å². The predicted molar refractivity (Wildman–Crippen MR) is 72.8 cm³/mol. The number of amides is 1. The molecule has 1 saturated carbocycles. The Morgan fingerprint density at radius 1 is 1.28 bits per heavy atom. The van der Waals surface area contributed by atoms with Gasteiger partial charge in [0.2, 0.25) is 0 Å². The Kier molecular flexibility index (Phi) is 2.82. The van der Waals surface area contributed by atoms with E-state index in [4.69, 9.17) is 0 Å². The van der Waals surface area contributed by atoms with Gasteiger partial charge in [0.15, 0.2) is 0 Å². The summed E-state index contributed by atoms with van der Waals surface area (Å²) in [5, 5.41) is 4.26. The number of nitrogens with one attached hydrogen (secondary N) is 2. The largest absolute Gasteiger partial charge is 0.350 e. The predicted octanol–water partition coefficient (Wildman–Crippen LogP) is 3.15. The molecule has 2 aromatic rings. The summed E-state index contributed by atoms with van der Waals surface area (Å²) in [4.78, 5) is 15.5. The zero-order valence-corrected chi connectivity index (χ0v) is 10.6. The topological polar surface area (TPSA) is 44.9 Å². The number of benzene rings is 1. The third-order valence-electron chi connectivity index (χ3n) is 3.88. The van der Waals surface area contributed by atoms with Gasteiger partial charge < -0.3 is 10.3 Å². The number of rotatable bonds is 2. The Labute approximate surface area is 107 Å². The first-order chi connectivity index (χ1) is 8.75. The molecule has 1 fully saturated rings. The molecule has 1 heterocycles. The fraction of sp³-hybridized carbons (Fsp3) is 0.400. The molecule has 3 rings (SSSR count). The number of fused-ring (bicyclic) bond motifs is 1. The summed E-state index contributed by atoms with van der Waals surface area (Å²) in [6, 6.07) is 8.41. The molecule has 0 saturated heterocycles. The van der Waals surface area contributed by atoms with Gasteiger partial charge >= 0.3 is 0 Å². The molecular weight excluding hydrogens is 224 g/mol. The van der Waals surface area contributed by atoms with Crippen molar-refractivity contribution < 1.29 is 4.79 Å². The van der Waals surface area contributed by atoms with Crippen molar-refractivity contribution in [3.63, 3.8) is 0 Å². The van der Waals surface area contributed by atoms with Crippen LogP contribution in [0.1, 0.15) is 41.7 Å². The fourth-order valence-corrected chi connectivity index (χ4v) is 2.84. The van der Waals surface area contributed by atoms with Gasteiger partial charge in [0.1, 0.15) is 5.69 Å². The quantitative estimate of drug-likeness (QED) is 0.834. The van der Waals surface area contributed by atoms with Crippen molar-refractivity contribution in [2.24, 2.45) is 0 Å². The highest BCUT2D eigenvalue weighted by atomic mass is 16.1. The van der Waals surface area contributed by atoms with Crippen molar-refractivity contribution in [2.45, 2.75) is 38.6 Å².